The average Bonchev–Trinajstić information content (AvgIpc) is 2.74. The van der Waals surface area contributed by atoms with Crippen LogP contribution in [-0.2, 0) is 6.42 Å². The Balaban J connectivity index is 2.03. The second-order valence-electron chi connectivity index (χ2n) is 4.70. The second kappa shape index (κ2) is 4.67. The minimum absolute atomic E-state index is 0.0875. The van der Waals surface area contributed by atoms with Crippen LogP contribution < -0.4 is 4.90 Å². The third kappa shape index (κ3) is 2.00. The van der Waals surface area contributed by atoms with Crippen molar-refractivity contribution in [2.24, 2.45) is 0 Å². The molecule has 0 aliphatic carbocycles. The molecule has 0 bridgehead atoms. The predicted molar refractivity (Wildman–Crippen MR) is 75.7 cm³/mol. The number of rotatable bonds is 1. The number of para-hydroxylation sites is 1. The van der Waals surface area contributed by atoms with Crippen molar-refractivity contribution < 1.29 is 4.79 Å². The average molecular weight is 273 g/mol. The molecule has 1 aliphatic rings. The number of carbonyl (C=O) groups is 1. The van der Waals surface area contributed by atoms with Gasteiger partial charge in [-0.2, -0.15) is 0 Å². The first-order chi connectivity index (χ1) is 9.18. The summed E-state index contributed by atoms with van der Waals surface area (Å²) in [5.41, 5.74) is 2.62. The molecule has 2 heterocycles. The van der Waals surface area contributed by atoms with Crippen LogP contribution in [-0.4, -0.2) is 16.9 Å². The van der Waals surface area contributed by atoms with Crippen molar-refractivity contribution in [3.8, 4) is 0 Å². The van der Waals surface area contributed by atoms with Gasteiger partial charge in [0.05, 0.1) is 5.56 Å². The zero-order valence-corrected chi connectivity index (χ0v) is 11.3. The molecule has 0 N–H and O–H groups in total. The Morgan fingerprint density at radius 2 is 2.11 bits per heavy atom. The molecule has 1 aromatic carbocycles. The van der Waals surface area contributed by atoms with Gasteiger partial charge in [-0.15, -0.1) is 0 Å². The molecular weight excluding hydrogens is 260 g/mol. The lowest BCUT2D eigenvalue weighted by Crippen LogP contribution is -2.35. The van der Waals surface area contributed by atoms with Crippen LogP contribution in [0.25, 0.3) is 0 Å². The molecule has 96 valence electrons. The smallest absolute Gasteiger partial charge is 0.261 e. The van der Waals surface area contributed by atoms with E-state index in [-0.39, 0.29) is 17.1 Å². The number of anilines is 1. The van der Waals surface area contributed by atoms with Gasteiger partial charge >= 0.3 is 0 Å². The van der Waals surface area contributed by atoms with Gasteiger partial charge in [0, 0.05) is 17.9 Å². The molecule has 0 saturated carbocycles. The molecule has 0 fully saturated rings. The zero-order chi connectivity index (χ0) is 13.4. The monoisotopic (exact) mass is 272 g/mol. The van der Waals surface area contributed by atoms with Gasteiger partial charge in [-0.05, 0) is 37.1 Å². The Kier molecular flexibility index (Phi) is 2.99. The molecule has 2 aromatic rings. The van der Waals surface area contributed by atoms with Gasteiger partial charge in [0.1, 0.15) is 5.15 Å². The molecule has 0 unspecified atom stereocenters. The molecule has 1 amide bonds. The minimum Gasteiger partial charge on any atom is -0.305 e. The Morgan fingerprint density at radius 1 is 1.32 bits per heavy atom. The number of carbonyl (C=O) groups excluding carboxylic acids is 1. The van der Waals surface area contributed by atoms with Gasteiger partial charge in [0.2, 0.25) is 0 Å². The van der Waals surface area contributed by atoms with Crippen molar-refractivity contribution >= 4 is 23.2 Å². The molecule has 3 nitrogen and oxygen atoms in total. The summed E-state index contributed by atoms with van der Waals surface area (Å²) in [5, 5.41) is 0.254. The van der Waals surface area contributed by atoms with Gasteiger partial charge in [-0.3, -0.25) is 4.79 Å². The quantitative estimate of drug-likeness (QED) is 0.746. The van der Waals surface area contributed by atoms with Crippen LogP contribution in [0.2, 0.25) is 5.15 Å². The zero-order valence-electron chi connectivity index (χ0n) is 10.5. The first-order valence-electron chi connectivity index (χ1n) is 6.20. The van der Waals surface area contributed by atoms with Crippen molar-refractivity contribution in [2.45, 2.75) is 19.4 Å². The maximum absolute atomic E-state index is 12.6. The molecule has 19 heavy (non-hydrogen) atoms. The molecular formula is C15H13ClN2O. The number of fused-ring (bicyclic) bond motifs is 1. The summed E-state index contributed by atoms with van der Waals surface area (Å²) in [6.45, 7) is 2.04. The number of amides is 1. The van der Waals surface area contributed by atoms with E-state index in [1.54, 1.807) is 23.2 Å². The van der Waals surface area contributed by atoms with E-state index >= 15 is 0 Å². The Morgan fingerprint density at radius 3 is 2.89 bits per heavy atom. The van der Waals surface area contributed by atoms with E-state index in [0.29, 0.717) is 5.56 Å². The van der Waals surface area contributed by atoms with E-state index in [1.165, 1.54) is 5.56 Å². The van der Waals surface area contributed by atoms with Crippen LogP contribution in [0.5, 0.6) is 0 Å². The highest BCUT2D eigenvalue weighted by Gasteiger charge is 2.32. The fraction of sp³-hybridized carbons (Fsp3) is 0.200. The van der Waals surface area contributed by atoms with Crippen molar-refractivity contribution in [1.29, 1.82) is 0 Å². The number of hydrogen-bond acceptors (Lipinski definition) is 2. The minimum atomic E-state index is -0.0875. The summed E-state index contributed by atoms with van der Waals surface area (Å²) in [5.74, 6) is -0.0875. The van der Waals surface area contributed by atoms with Crippen LogP contribution in [0.4, 0.5) is 5.69 Å². The van der Waals surface area contributed by atoms with Crippen molar-refractivity contribution in [1.82, 2.24) is 4.98 Å². The number of benzene rings is 1. The molecule has 1 aromatic heterocycles. The van der Waals surface area contributed by atoms with Crippen LogP contribution in [0.3, 0.4) is 0 Å². The summed E-state index contributed by atoms with van der Waals surface area (Å²) in [7, 11) is 0. The molecule has 3 rings (SSSR count). The van der Waals surface area contributed by atoms with E-state index in [1.807, 2.05) is 25.1 Å². The Bertz CT molecular complexity index is 642. The van der Waals surface area contributed by atoms with Crippen LogP contribution in [0, 0.1) is 0 Å². The number of pyridine rings is 1. The van der Waals surface area contributed by atoms with Crippen molar-refractivity contribution in [3.05, 3.63) is 58.9 Å². The van der Waals surface area contributed by atoms with E-state index < -0.39 is 0 Å². The highest BCUT2D eigenvalue weighted by Crippen LogP contribution is 2.33. The van der Waals surface area contributed by atoms with Crippen LogP contribution in [0.1, 0.15) is 22.8 Å². The number of halogens is 1. The summed E-state index contributed by atoms with van der Waals surface area (Å²) < 4.78 is 0. The highest BCUT2D eigenvalue weighted by molar-refractivity contribution is 6.33. The fourth-order valence-corrected chi connectivity index (χ4v) is 2.75. The standard InChI is InChI=1S/C15H13ClN2O/c1-10-9-11-5-2-3-7-13(11)18(10)15(19)12-6-4-8-17-14(12)16/h2-8,10H,9H2,1H3/t10-/m1/s1. The molecule has 1 aliphatic heterocycles. The molecule has 0 saturated heterocycles. The van der Waals surface area contributed by atoms with Crippen LogP contribution >= 0.6 is 11.6 Å². The first-order valence-corrected chi connectivity index (χ1v) is 6.58. The van der Waals surface area contributed by atoms with Crippen LogP contribution in [0.15, 0.2) is 42.6 Å². The van der Waals surface area contributed by atoms with Crippen molar-refractivity contribution in [3.63, 3.8) is 0 Å². The van der Waals surface area contributed by atoms with Crippen molar-refractivity contribution in [2.75, 3.05) is 4.90 Å². The van der Waals surface area contributed by atoms with E-state index in [2.05, 4.69) is 11.1 Å². The SMILES string of the molecule is C[C@@H]1Cc2ccccc2N1C(=O)c1cccnc1Cl. The molecule has 1 atom stereocenters. The van der Waals surface area contributed by atoms with Gasteiger partial charge in [0.15, 0.2) is 0 Å². The van der Waals surface area contributed by atoms with Gasteiger partial charge in [0.25, 0.3) is 5.91 Å². The third-order valence-electron chi connectivity index (χ3n) is 3.42. The Hall–Kier alpha value is -1.87. The second-order valence-corrected chi connectivity index (χ2v) is 5.06. The lowest BCUT2D eigenvalue weighted by molar-refractivity contribution is 0.0981. The summed E-state index contributed by atoms with van der Waals surface area (Å²) in [6, 6.07) is 11.6. The third-order valence-corrected chi connectivity index (χ3v) is 3.72. The molecule has 4 heteroatoms. The Labute approximate surface area is 116 Å². The summed E-state index contributed by atoms with van der Waals surface area (Å²) in [4.78, 5) is 18.4. The normalized spacial score (nSPS) is 17.4. The lowest BCUT2D eigenvalue weighted by atomic mass is 10.1. The van der Waals surface area contributed by atoms with Gasteiger partial charge < -0.3 is 4.90 Å². The lowest BCUT2D eigenvalue weighted by Gasteiger charge is -2.23. The number of nitrogens with zero attached hydrogens (tertiary/aromatic N) is 2. The molecule has 0 spiro atoms. The van der Waals surface area contributed by atoms with E-state index in [0.717, 1.165) is 12.1 Å². The fourth-order valence-electron chi connectivity index (χ4n) is 2.55. The number of hydrogen-bond donors (Lipinski definition) is 0. The summed E-state index contributed by atoms with van der Waals surface area (Å²) >= 11 is 6.01. The highest BCUT2D eigenvalue weighted by atomic mass is 35.5. The summed E-state index contributed by atoms with van der Waals surface area (Å²) in [6.07, 6.45) is 2.46. The largest absolute Gasteiger partial charge is 0.305 e. The number of aromatic nitrogens is 1. The topological polar surface area (TPSA) is 33.2 Å². The maximum Gasteiger partial charge on any atom is 0.261 e. The van der Waals surface area contributed by atoms with E-state index in [4.69, 9.17) is 11.6 Å². The van der Waals surface area contributed by atoms with Gasteiger partial charge in [-0.25, -0.2) is 4.98 Å². The molecule has 0 radical (unpaired) electrons. The van der Waals surface area contributed by atoms with E-state index in [9.17, 15) is 4.79 Å². The van der Waals surface area contributed by atoms with Gasteiger partial charge in [-0.1, -0.05) is 29.8 Å². The predicted octanol–water partition coefficient (Wildman–Crippen LogP) is 3.33. The first kappa shape index (κ1) is 12.2. The maximum atomic E-state index is 12.6.